The van der Waals surface area contributed by atoms with Gasteiger partial charge in [0.05, 0.1) is 12.1 Å². The van der Waals surface area contributed by atoms with E-state index in [1.165, 1.54) is 0 Å². The average Bonchev–Trinajstić information content (AvgIpc) is 2.48. The van der Waals surface area contributed by atoms with Crippen LogP contribution < -0.4 is 10.6 Å². The number of carbonyl (C=O) groups excluding carboxylic acids is 1. The minimum Gasteiger partial charge on any atom is -0.386 e. The lowest BCUT2D eigenvalue weighted by molar-refractivity contribution is 0.139. The van der Waals surface area contributed by atoms with Crippen LogP contribution in [0.15, 0.2) is 53.1 Å². The van der Waals surface area contributed by atoms with Crippen molar-refractivity contribution >= 4 is 27.8 Å². The summed E-state index contributed by atoms with van der Waals surface area (Å²) in [6.45, 7) is 1.74. The number of aliphatic hydroxyl groups is 1. The molecule has 0 fully saturated rings. The van der Waals surface area contributed by atoms with Crippen LogP contribution in [0.2, 0.25) is 0 Å². The number of hydrogen-bond donors (Lipinski definition) is 3. The monoisotopic (exact) mass is 349 g/mol. The fraction of sp³-hybridized carbons (Fsp3) is 0.200. The highest BCUT2D eigenvalue weighted by molar-refractivity contribution is 9.10. The van der Waals surface area contributed by atoms with Crippen molar-refractivity contribution in [1.82, 2.24) is 10.3 Å². The standard InChI is InChI=1S/C15H16BrN3O2/c1-10(14(20)11-5-7-12(16)8-6-11)18-15(21)19-13-4-2-3-9-17-13/h2-10,14,20H,1H3,(H2,17,18,19,21)/t10-,14-/m0/s1. The number of amides is 2. The molecule has 21 heavy (non-hydrogen) atoms. The van der Waals surface area contributed by atoms with Gasteiger partial charge in [0, 0.05) is 10.7 Å². The number of nitrogens with zero attached hydrogens (tertiary/aromatic N) is 1. The number of nitrogens with one attached hydrogen (secondary N) is 2. The van der Waals surface area contributed by atoms with Crippen LogP contribution in [0.3, 0.4) is 0 Å². The summed E-state index contributed by atoms with van der Waals surface area (Å²) >= 11 is 3.34. The molecule has 2 atom stereocenters. The Morgan fingerprint density at radius 3 is 2.57 bits per heavy atom. The maximum absolute atomic E-state index is 11.8. The SMILES string of the molecule is C[C@H](NC(=O)Nc1ccccn1)[C@H](O)c1ccc(Br)cc1. The zero-order valence-corrected chi connectivity index (χ0v) is 13.0. The van der Waals surface area contributed by atoms with E-state index in [0.29, 0.717) is 5.82 Å². The molecule has 0 bridgehead atoms. The smallest absolute Gasteiger partial charge is 0.320 e. The van der Waals surface area contributed by atoms with Crippen LogP contribution in [0.1, 0.15) is 18.6 Å². The van der Waals surface area contributed by atoms with Crippen LogP contribution in [0.4, 0.5) is 10.6 Å². The van der Waals surface area contributed by atoms with Gasteiger partial charge in [0.15, 0.2) is 0 Å². The third-order valence-electron chi connectivity index (χ3n) is 2.95. The zero-order chi connectivity index (χ0) is 15.2. The summed E-state index contributed by atoms with van der Waals surface area (Å²) in [6.07, 6.45) is 0.808. The van der Waals surface area contributed by atoms with E-state index >= 15 is 0 Å². The highest BCUT2D eigenvalue weighted by atomic mass is 79.9. The third-order valence-corrected chi connectivity index (χ3v) is 3.48. The Morgan fingerprint density at radius 1 is 1.24 bits per heavy atom. The number of aliphatic hydroxyl groups excluding tert-OH is 1. The highest BCUT2D eigenvalue weighted by Gasteiger charge is 2.18. The molecule has 6 heteroatoms. The molecule has 2 rings (SSSR count). The van der Waals surface area contributed by atoms with Crippen molar-refractivity contribution in [2.24, 2.45) is 0 Å². The number of rotatable bonds is 4. The molecule has 3 N–H and O–H groups in total. The van der Waals surface area contributed by atoms with Crippen molar-refractivity contribution in [2.75, 3.05) is 5.32 Å². The maximum Gasteiger partial charge on any atom is 0.320 e. The van der Waals surface area contributed by atoms with Crippen molar-refractivity contribution in [3.63, 3.8) is 0 Å². The van der Waals surface area contributed by atoms with Crippen molar-refractivity contribution in [3.8, 4) is 0 Å². The van der Waals surface area contributed by atoms with E-state index in [9.17, 15) is 9.90 Å². The number of pyridine rings is 1. The lowest BCUT2D eigenvalue weighted by atomic mass is 10.0. The van der Waals surface area contributed by atoms with Gasteiger partial charge in [-0.3, -0.25) is 5.32 Å². The Labute approximate surface area is 131 Å². The predicted octanol–water partition coefficient (Wildman–Crippen LogP) is 3.09. The molecule has 1 heterocycles. The lowest BCUT2D eigenvalue weighted by Gasteiger charge is -2.20. The second kappa shape index (κ2) is 7.19. The summed E-state index contributed by atoms with van der Waals surface area (Å²) in [7, 11) is 0. The number of anilines is 1. The molecule has 110 valence electrons. The average molecular weight is 350 g/mol. The van der Waals surface area contributed by atoms with Crippen LogP contribution in [-0.2, 0) is 0 Å². The molecule has 0 spiro atoms. The number of benzene rings is 1. The maximum atomic E-state index is 11.8. The Kier molecular flexibility index (Phi) is 5.30. The lowest BCUT2D eigenvalue weighted by Crippen LogP contribution is -2.39. The number of aromatic nitrogens is 1. The molecule has 0 saturated heterocycles. The van der Waals surface area contributed by atoms with Crippen molar-refractivity contribution in [1.29, 1.82) is 0 Å². The number of halogens is 1. The van der Waals surface area contributed by atoms with Crippen molar-refractivity contribution < 1.29 is 9.90 Å². The van der Waals surface area contributed by atoms with Gasteiger partial charge in [-0.2, -0.15) is 0 Å². The van der Waals surface area contributed by atoms with Crippen LogP contribution in [0, 0.1) is 0 Å². The third kappa shape index (κ3) is 4.54. The first-order valence-corrected chi connectivity index (χ1v) is 7.27. The van der Waals surface area contributed by atoms with Gasteiger partial charge in [-0.25, -0.2) is 9.78 Å². The first kappa shape index (κ1) is 15.5. The second-order valence-corrected chi connectivity index (χ2v) is 5.51. The van der Waals surface area contributed by atoms with Gasteiger partial charge >= 0.3 is 6.03 Å². The molecule has 0 aliphatic rings. The fourth-order valence-electron chi connectivity index (χ4n) is 1.82. The van der Waals surface area contributed by atoms with Gasteiger partial charge in [0.2, 0.25) is 0 Å². The molecule has 0 aliphatic heterocycles. The Bertz CT molecular complexity index is 590. The first-order valence-electron chi connectivity index (χ1n) is 6.48. The van der Waals surface area contributed by atoms with Gasteiger partial charge in [-0.1, -0.05) is 34.1 Å². The first-order chi connectivity index (χ1) is 10.1. The van der Waals surface area contributed by atoms with E-state index in [2.05, 4.69) is 31.5 Å². The Balaban J connectivity index is 1.92. The normalized spacial score (nSPS) is 13.3. The van der Waals surface area contributed by atoms with Crippen LogP contribution in [0.5, 0.6) is 0 Å². The summed E-state index contributed by atoms with van der Waals surface area (Å²) in [5, 5.41) is 15.5. The van der Waals surface area contributed by atoms with E-state index in [1.807, 2.05) is 24.3 Å². The van der Waals surface area contributed by atoms with Gasteiger partial charge in [0.1, 0.15) is 5.82 Å². The number of carbonyl (C=O) groups is 1. The van der Waals surface area contributed by atoms with E-state index in [4.69, 9.17) is 0 Å². The Hall–Kier alpha value is -1.92. The van der Waals surface area contributed by atoms with Gasteiger partial charge in [0.25, 0.3) is 0 Å². The Morgan fingerprint density at radius 2 is 1.95 bits per heavy atom. The summed E-state index contributed by atoms with van der Waals surface area (Å²) in [5.74, 6) is 0.459. The molecule has 0 saturated carbocycles. The van der Waals surface area contributed by atoms with E-state index in [0.717, 1.165) is 10.0 Å². The molecule has 2 amide bonds. The fourth-order valence-corrected chi connectivity index (χ4v) is 2.09. The van der Waals surface area contributed by atoms with Crippen molar-refractivity contribution in [2.45, 2.75) is 19.1 Å². The summed E-state index contributed by atoms with van der Waals surface area (Å²) in [5.41, 5.74) is 0.740. The molecule has 0 radical (unpaired) electrons. The minimum absolute atomic E-state index is 0.405. The van der Waals surface area contributed by atoms with E-state index in [1.54, 1.807) is 31.3 Å². The topological polar surface area (TPSA) is 74.2 Å². The van der Waals surface area contributed by atoms with E-state index < -0.39 is 18.2 Å². The summed E-state index contributed by atoms with van der Waals surface area (Å²) in [6, 6.07) is 11.7. The molecule has 1 aromatic heterocycles. The number of hydrogen-bond acceptors (Lipinski definition) is 3. The van der Waals surface area contributed by atoms with Crippen LogP contribution >= 0.6 is 15.9 Å². The molecule has 0 unspecified atom stereocenters. The van der Waals surface area contributed by atoms with Crippen LogP contribution in [0.25, 0.3) is 0 Å². The van der Waals surface area contributed by atoms with Crippen molar-refractivity contribution in [3.05, 3.63) is 58.7 Å². The minimum atomic E-state index is -0.785. The molecular formula is C15H16BrN3O2. The quantitative estimate of drug-likeness (QED) is 0.793. The summed E-state index contributed by atoms with van der Waals surface area (Å²) in [4.78, 5) is 15.8. The van der Waals surface area contributed by atoms with E-state index in [-0.39, 0.29) is 0 Å². The highest BCUT2D eigenvalue weighted by Crippen LogP contribution is 2.19. The van der Waals surface area contributed by atoms with Crippen LogP contribution in [-0.4, -0.2) is 22.2 Å². The molecule has 2 aromatic rings. The largest absolute Gasteiger partial charge is 0.386 e. The second-order valence-electron chi connectivity index (χ2n) is 4.60. The molecule has 5 nitrogen and oxygen atoms in total. The van der Waals surface area contributed by atoms with Gasteiger partial charge in [-0.15, -0.1) is 0 Å². The predicted molar refractivity (Wildman–Crippen MR) is 85.0 cm³/mol. The van der Waals surface area contributed by atoms with Gasteiger partial charge in [-0.05, 0) is 36.8 Å². The zero-order valence-electron chi connectivity index (χ0n) is 11.5. The van der Waals surface area contributed by atoms with Gasteiger partial charge < -0.3 is 10.4 Å². The molecule has 0 aliphatic carbocycles. The number of urea groups is 1. The molecular weight excluding hydrogens is 334 g/mol. The molecule has 1 aromatic carbocycles. The summed E-state index contributed by atoms with van der Waals surface area (Å²) < 4.78 is 0.937.